The highest BCUT2D eigenvalue weighted by Gasteiger charge is 2.43. The van der Waals surface area contributed by atoms with Crippen molar-refractivity contribution in [2.24, 2.45) is 5.73 Å². The molecule has 4 nitrogen and oxygen atoms in total. The van der Waals surface area contributed by atoms with Gasteiger partial charge in [-0.25, -0.2) is 0 Å². The number of unbranched alkanes of at least 4 members (excludes halogenated alkanes) is 2. The molecule has 0 unspecified atom stereocenters. The molecule has 1 amide bonds. The molecular formula is C33H42N3O+. The third-order valence-corrected chi connectivity index (χ3v) is 7.98. The molecule has 2 aliphatic heterocycles. The summed E-state index contributed by atoms with van der Waals surface area (Å²) in [7, 11) is 0. The molecule has 37 heavy (non-hydrogen) atoms. The Morgan fingerprint density at radius 3 is 2.43 bits per heavy atom. The number of carbonyl (C=O) groups excluding carboxylic acids is 1. The highest BCUT2D eigenvalue weighted by Crippen LogP contribution is 2.47. The van der Waals surface area contributed by atoms with Crippen molar-refractivity contribution in [2.75, 3.05) is 18.0 Å². The molecule has 0 aromatic heterocycles. The van der Waals surface area contributed by atoms with Crippen molar-refractivity contribution in [3.8, 4) is 0 Å². The van der Waals surface area contributed by atoms with Gasteiger partial charge in [0.1, 0.15) is 6.54 Å². The number of hydrogen-bond donors (Lipinski definition) is 1. The van der Waals surface area contributed by atoms with Crippen LogP contribution in [0.5, 0.6) is 0 Å². The van der Waals surface area contributed by atoms with E-state index >= 15 is 0 Å². The fraction of sp³-hybridized carbons (Fsp3) is 0.394. The van der Waals surface area contributed by atoms with Gasteiger partial charge in [0.25, 0.3) is 0 Å². The van der Waals surface area contributed by atoms with Gasteiger partial charge in [0.05, 0.1) is 11.0 Å². The predicted octanol–water partition coefficient (Wildman–Crippen LogP) is 6.92. The topological polar surface area (TPSA) is 49.3 Å². The first-order chi connectivity index (χ1) is 17.7. The number of carbonyl (C=O) groups is 1. The second-order valence-electron chi connectivity index (χ2n) is 11.1. The second-order valence-corrected chi connectivity index (χ2v) is 11.1. The summed E-state index contributed by atoms with van der Waals surface area (Å²) in [5.74, 6) is -0.209. The van der Waals surface area contributed by atoms with E-state index in [9.17, 15) is 4.79 Å². The van der Waals surface area contributed by atoms with Gasteiger partial charge in [0.15, 0.2) is 5.71 Å². The Morgan fingerprint density at radius 1 is 0.946 bits per heavy atom. The number of nitrogens with two attached hydrogens (primary N) is 1. The van der Waals surface area contributed by atoms with E-state index in [0.29, 0.717) is 6.42 Å². The molecular weight excluding hydrogens is 454 g/mol. The van der Waals surface area contributed by atoms with Gasteiger partial charge in [-0.15, -0.1) is 0 Å². The lowest BCUT2D eigenvalue weighted by atomic mass is 9.81. The fourth-order valence-corrected chi connectivity index (χ4v) is 6.00. The summed E-state index contributed by atoms with van der Waals surface area (Å²) in [6.45, 7) is 13.4. The molecule has 2 aromatic carbocycles. The van der Waals surface area contributed by atoms with Crippen LogP contribution in [0.4, 0.5) is 11.4 Å². The summed E-state index contributed by atoms with van der Waals surface area (Å²) in [5.41, 5.74) is 13.2. The zero-order valence-corrected chi connectivity index (χ0v) is 23.1. The van der Waals surface area contributed by atoms with Gasteiger partial charge in [0.2, 0.25) is 11.6 Å². The molecule has 2 N–H and O–H groups in total. The first kappa shape index (κ1) is 26.7. The maximum absolute atomic E-state index is 11.1. The number of allylic oxidation sites excluding steroid dienone is 5. The molecule has 194 valence electrons. The first-order valence-corrected chi connectivity index (χ1v) is 13.6. The van der Waals surface area contributed by atoms with Crippen molar-refractivity contribution < 1.29 is 9.37 Å². The van der Waals surface area contributed by atoms with Gasteiger partial charge in [0, 0.05) is 41.9 Å². The normalized spacial score (nSPS) is 18.8. The van der Waals surface area contributed by atoms with E-state index in [1.807, 2.05) is 0 Å². The number of nitrogens with zero attached hydrogens (tertiary/aromatic N) is 2. The Hall–Kier alpha value is -3.40. The third-order valence-electron chi connectivity index (χ3n) is 7.98. The van der Waals surface area contributed by atoms with Gasteiger partial charge < -0.3 is 10.6 Å². The van der Waals surface area contributed by atoms with E-state index in [1.54, 1.807) is 0 Å². The minimum absolute atomic E-state index is 0.0142. The Morgan fingerprint density at radius 2 is 1.68 bits per heavy atom. The SMILES string of the molecule is CC[N+]1=C(/C=C/C=C/C=C2/c3ccccc3N(CCCCCC(N)=O)C2(C)C)C(C)(C)c2ccccc21. The minimum atomic E-state index is -0.209. The quantitative estimate of drug-likeness (QED) is 0.220. The molecule has 2 aromatic rings. The van der Waals surface area contributed by atoms with Gasteiger partial charge >= 0.3 is 0 Å². The molecule has 0 saturated heterocycles. The van der Waals surface area contributed by atoms with E-state index in [-0.39, 0.29) is 16.9 Å². The Kier molecular flexibility index (Phi) is 7.87. The summed E-state index contributed by atoms with van der Waals surface area (Å²) in [6.07, 6.45) is 14.4. The van der Waals surface area contributed by atoms with E-state index < -0.39 is 0 Å². The molecule has 2 heterocycles. The van der Waals surface area contributed by atoms with E-state index in [0.717, 1.165) is 32.4 Å². The van der Waals surface area contributed by atoms with Crippen LogP contribution in [0, 0.1) is 0 Å². The Bertz CT molecular complexity index is 1280. The molecule has 4 rings (SSSR count). The largest absolute Gasteiger partial charge is 0.370 e. The van der Waals surface area contributed by atoms with Crippen LogP contribution in [-0.4, -0.2) is 34.8 Å². The van der Waals surface area contributed by atoms with Gasteiger partial charge in [-0.1, -0.05) is 67.1 Å². The van der Waals surface area contributed by atoms with Crippen molar-refractivity contribution in [1.82, 2.24) is 0 Å². The maximum atomic E-state index is 11.1. The molecule has 0 saturated carbocycles. The summed E-state index contributed by atoms with van der Waals surface area (Å²) in [6, 6.07) is 17.4. The lowest BCUT2D eigenvalue weighted by molar-refractivity contribution is -0.433. The predicted molar refractivity (Wildman–Crippen MR) is 157 cm³/mol. The molecule has 0 fully saturated rings. The van der Waals surface area contributed by atoms with Crippen LogP contribution in [0.3, 0.4) is 0 Å². The van der Waals surface area contributed by atoms with Crippen LogP contribution in [0.15, 0.2) is 78.9 Å². The van der Waals surface area contributed by atoms with Crippen molar-refractivity contribution in [3.05, 3.63) is 90.0 Å². The zero-order valence-electron chi connectivity index (χ0n) is 23.1. The zero-order chi connectivity index (χ0) is 26.6. The molecule has 0 atom stereocenters. The number of amides is 1. The van der Waals surface area contributed by atoms with E-state index in [4.69, 9.17) is 5.73 Å². The highest BCUT2D eigenvalue weighted by atomic mass is 16.1. The second kappa shape index (κ2) is 10.9. The van der Waals surface area contributed by atoms with Crippen LogP contribution in [0.25, 0.3) is 5.57 Å². The smallest absolute Gasteiger partial charge is 0.217 e. The average Bonchev–Trinajstić information content (AvgIpc) is 3.22. The maximum Gasteiger partial charge on any atom is 0.217 e. The number of para-hydroxylation sites is 2. The number of fused-ring (bicyclic) bond motifs is 2. The number of rotatable bonds is 10. The lowest BCUT2D eigenvalue weighted by Gasteiger charge is -2.35. The van der Waals surface area contributed by atoms with Crippen LogP contribution < -0.4 is 10.6 Å². The fourth-order valence-electron chi connectivity index (χ4n) is 6.00. The number of primary amides is 1. The van der Waals surface area contributed by atoms with Gasteiger partial charge in [-0.3, -0.25) is 4.79 Å². The van der Waals surface area contributed by atoms with E-state index in [2.05, 4.69) is 123 Å². The summed E-state index contributed by atoms with van der Waals surface area (Å²) in [4.78, 5) is 13.6. The Labute approximate surface area is 222 Å². The Balaban J connectivity index is 1.52. The van der Waals surface area contributed by atoms with Gasteiger partial charge in [-0.05, 0) is 59.1 Å². The van der Waals surface area contributed by atoms with E-state index in [1.165, 1.54) is 33.8 Å². The van der Waals surface area contributed by atoms with Crippen molar-refractivity contribution >= 4 is 28.6 Å². The summed E-state index contributed by atoms with van der Waals surface area (Å²) in [5, 5.41) is 0. The molecule has 0 bridgehead atoms. The first-order valence-electron chi connectivity index (χ1n) is 13.6. The molecule has 2 aliphatic rings. The molecule has 0 radical (unpaired) electrons. The van der Waals surface area contributed by atoms with Crippen LogP contribution >= 0.6 is 0 Å². The highest BCUT2D eigenvalue weighted by molar-refractivity contribution is 6.03. The van der Waals surface area contributed by atoms with Crippen molar-refractivity contribution in [2.45, 2.75) is 71.3 Å². The number of hydrogen-bond acceptors (Lipinski definition) is 2. The van der Waals surface area contributed by atoms with Crippen LogP contribution in [0.2, 0.25) is 0 Å². The van der Waals surface area contributed by atoms with Crippen LogP contribution in [0.1, 0.15) is 71.4 Å². The number of anilines is 1. The summed E-state index contributed by atoms with van der Waals surface area (Å²) >= 11 is 0. The lowest BCUT2D eigenvalue weighted by Crippen LogP contribution is -2.41. The third kappa shape index (κ3) is 5.20. The summed E-state index contributed by atoms with van der Waals surface area (Å²) < 4.78 is 2.43. The molecule has 4 heteroatoms. The standard InChI is InChI=1S/C33H41N3O/c1-6-35-29-21-15-13-19-27(29)32(2,3)30(35)22-10-7-9-18-26-25-17-12-14-20-28(25)36(33(26,4)5)24-16-8-11-23-31(34)37/h7,9-10,12-15,17-22H,6,8,11,16,23-24H2,1-5H3,(H-,34,37)/p+1. The van der Waals surface area contributed by atoms with Crippen molar-refractivity contribution in [1.29, 1.82) is 0 Å². The minimum Gasteiger partial charge on any atom is -0.370 e. The molecule has 0 aliphatic carbocycles. The average molecular weight is 497 g/mol. The number of benzene rings is 2. The van der Waals surface area contributed by atoms with Crippen LogP contribution in [-0.2, 0) is 10.2 Å². The molecule has 0 spiro atoms. The van der Waals surface area contributed by atoms with Crippen molar-refractivity contribution in [3.63, 3.8) is 0 Å². The monoisotopic (exact) mass is 496 g/mol. The van der Waals surface area contributed by atoms with Gasteiger partial charge in [-0.2, -0.15) is 4.58 Å².